The molecule has 0 bridgehead atoms. The third-order valence-corrected chi connectivity index (χ3v) is 4.96. The molecule has 3 rings (SSSR count). The van der Waals surface area contributed by atoms with E-state index in [4.69, 9.17) is 0 Å². The van der Waals surface area contributed by atoms with Crippen molar-refractivity contribution in [2.45, 2.75) is 19.4 Å². The van der Waals surface area contributed by atoms with E-state index < -0.39 is 0 Å². The maximum atomic E-state index is 12.2. The zero-order valence-electron chi connectivity index (χ0n) is 14.9. The highest BCUT2D eigenvalue weighted by molar-refractivity contribution is 5.73. The van der Waals surface area contributed by atoms with Gasteiger partial charge in [0, 0.05) is 44.5 Å². The van der Waals surface area contributed by atoms with Crippen molar-refractivity contribution in [3.8, 4) is 0 Å². The summed E-state index contributed by atoms with van der Waals surface area (Å²) < 4.78 is 0. The molecule has 0 unspecified atom stereocenters. The molecule has 132 valence electrons. The molecule has 2 aromatic rings. The number of hydrogen-bond donors (Lipinski definition) is 2. The average Bonchev–Trinajstić information content (AvgIpc) is 3.01. The van der Waals surface area contributed by atoms with Crippen molar-refractivity contribution in [2.75, 3.05) is 26.7 Å². The van der Waals surface area contributed by atoms with Gasteiger partial charge in [0.1, 0.15) is 0 Å². The van der Waals surface area contributed by atoms with Gasteiger partial charge in [0.15, 0.2) is 0 Å². The van der Waals surface area contributed by atoms with Gasteiger partial charge in [0.2, 0.25) is 0 Å². The molecule has 0 spiro atoms. The lowest BCUT2D eigenvalue weighted by Gasteiger charge is -2.19. The van der Waals surface area contributed by atoms with Gasteiger partial charge < -0.3 is 15.5 Å². The third-order valence-electron chi connectivity index (χ3n) is 4.96. The summed E-state index contributed by atoms with van der Waals surface area (Å²) in [4.78, 5) is 18.6. The van der Waals surface area contributed by atoms with Crippen LogP contribution in [0.4, 0.5) is 4.79 Å². The second-order valence-corrected chi connectivity index (χ2v) is 6.86. The SMILES string of the molecule is Cc1ccncc1CNC(=O)NC[C@@H]1CN(C)C[C@H]1c1ccccc1. The minimum Gasteiger partial charge on any atom is -0.338 e. The Hall–Kier alpha value is -2.40. The van der Waals surface area contributed by atoms with Crippen molar-refractivity contribution in [2.24, 2.45) is 5.92 Å². The number of rotatable bonds is 5. The summed E-state index contributed by atoms with van der Waals surface area (Å²) in [7, 11) is 2.14. The number of pyridine rings is 1. The number of benzene rings is 1. The molecular formula is C20H26N4O. The van der Waals surface area contributed by atoms with Crippen LogP contribution in [0, 0.1) is 12.8 Å². The summed E-state index contributed by atoms with van der Waals surface area (Å²) in [5.74, 6) is 0.894. The van der Waals surface area contributed by atoms with Crippen LogP contribution in [0.5, 0.6) is 0 Å². The van der Waals surface area contributed by atoms with Gasteiger partial charge in [-0.3, -0.25) is 4.98 Å². The standard InChI is InChI=1S/C20H26N4O/c1-15-8-9-21-10-17(15)11-22-20(25)23-12-18-13-24(2)14-19(18)16-6-4-3-5-7-16/h3-10,18-19H,11-14H2,1-2H3,(H2,22,23,25)/t18-,19+/m1/s1. The molecule has 0 saturated carbocycles. The van der Waals surface area contributed by atoms with Gasteiger partial charge in [-0.25, -0.2) is 4.79 Å². The fraction of sp³-hybridized carbons (Fsp3) is 0.400. The molecule has 25 heavy (non-hydrogen) atoms. The summed E-state index contributed by atoms with van der Waals surface area (Å²) in [5, 5.41) is 5.96. The van der Waals surface area contributed by atoms with Crippen molar-refractivity contribution in [3.63, 3.8) is 0 Å². The molecular weight excluding hydrogens is 312 g/mol. The van der Waals surface area contributed by atoms with Gasteiger partial charge in [-0.1, -0.05) is 30.3 Å². The average molecular weight is 338 g/mol. The maximum absolute atomic E-state index is 12.2. The maximum Gasteiger partial charge on any atom is 0.315 e. The number of nitrogens with zero attached hydrogens (tertiary/aromatic N) is 2. The van der Waals surface area contributed by atoms with Crippen LogP contribution in [0.25, 0.3) is 0 Å². The van der Waals surface area contributed by atoms with Crippen LogP contribution in [-0.4, -0.2) is 42.6 Å². The van der Waals surface area contributed by atoms with Crippen LogP contribution in [0.1, 0.15) is 22.6 Å². The van der Waals surface area contributed by atoms with Crippen molar-refractivity contribution in [3.05, 3.63) is 65.5 Å². The Labute approximate surface area is 149 Å². The minimum atomic E-state index is -0.121. The van der Waals surface area contributed by atoms with E-state index in [2.05, 4.69) is 51.8 Å². The van der Waals surface area contributed by atoms with Crippen LogP contribution in [0.15, 0.2) is 48.8 Å². The summed E-state index contributed by atoms with van der Waals surface area (Å²) >= 11 is 0. The molecule has 5 nitrogen and oxygen atoms in total. The number of carbonyl (C=O) groups is 1. The predicted octanol–water partition coefficient (Wildman–Crippen LogP) is 2.53. The number of carbonyl (C=O) groups excluding carboxylic acids is 1. The second kappa shape index (κ2) is 8.12. The van der Waals surface area contributed by atoms with E-state index in [0.717, 1.165) is 24.2 Å². The first-order valence-corrected chi connectivity index (χ1v) is 8.78. The molecule has 0 radical (unpaired) electrons. The van der Waals surface area contributed by atoms with E-state index in [1.165, 1.54) is 5.56 Å². The first kappa shape index (κ1) is 17.4. The number of nitrogens with one attached hydrogen (secondary N) is 2. The molecule has 1 aliphatic rings. The van der Waals surface area contributed by atoms with E-state index in [1.54, 1.807) is 12.4 Å². The number of amides is 2. The number of aromatic nitrogens is 1. The van der Waals surface area contributed by atoms with E-state index >= 15 is 0 Å². The molecule has 1 fully saturated rings. The number of likely N-dealkylation sites (N-methyl/N-ethyl adjacent to an activating group) is 1. The zero-order valence-corrected chi connectivity index (χ0v) is 14.9. The predicted molar refractivity (Wildman–Crippen MR) is 99.4 cm³/mol. The molecule has 2 heterocycles. The molecule has 0 aliphatic carbocycles. The number of aryl methyl sites for hydroxylation is 1. The van der Waals surface area contributed by atoms with Crippen LogP contribution >= 0.6 is 0 Å². The molecule has 1 aromatic heterocycles. The largest absolute Gasteiger partial charge is 0.338 e. The lowest BCUT2D eigenvalue weighted by Crippen LogP contribution is -2.39. The summed E-state index contributed by atoms with van der Waals surface area (Å²) in [6, 6.07) is 12.4. The summed E-state index contributed by atoms with van der Waals surface area (Å²) in [6.07, 6.45) is 3.56. The quantitative estimate of drug-likeness (QED) is 0.881. The number of hydrogen-bond acceptors (Lipinski definition) is 3. The lowest BCUT2D eigenvalue weighted by molar-refractivity contribution is 0.238. The van der Waals surface area contributed by atoms with Crippen molar-refractivity contribution in [1.29, 1.82) is 0 Å². The second-order valence-electron chi connectivity index (χ2n) is 6.86. The smallest absolute Gasteiger partial charge is 0.315 e. The van der Waals surface area contributed by atoms with Gasteiger partial charge in [0.25, 0.3) is 0 Å². The van der Waals surface area contributed by atoms with Crippen LogP contribution in [0.2, 0.25) is 0 Å². The Kier molecular flexibility index (Phi) is 5.66. The Morgan fingerprint density at radius 3 is 2.76 bits per heavy atom. The monoisotopic (exact) mass is 338 g/mol. The lowest BCUT2D eigenvalue weighted by atomic mass is 9.89. The van der Waals surface area contributed by atoms with Gasteiger partial charge in [-0.15, -0.1) is 0 Å². The number of urea groups is 1. The molecule has 2 amide bonds. The van der Waals surface area contributed by atoms with Crippen molar-refractivity contribution in [1.82, 2.24) is 20.5 Å². The topological polar surface area (TPSA) is 57.3 Å². The summed E-state index contributed by atoms with van der Waals surface area (Å²) in [5.41, 5.74) is 3.53. The minimum absolute atomic E-state index is 0.121. The summed E-state index contributed by atoms with van der Waals surface area (Å²) in [6.45, 7) is 5.24. The highest BCUT2D eigenvalue weighted by Gasteiger charge is 2.31. The van der Waals surface area contributed by atoms with E-state index in [1.807, 2.05) is 19.1 Å². The molecule has 1 saturated heterocycles. The highest BCUT2D eigenvalue weighted by Crippen LogP contribution is 2.31. The molecule has 1 aliphatic heterocycles. The molecule has 2 atom stereocenters. The Balaban J connectivity index is 1.51. The van der Waals surface area contributed by atoms with E-state index in [9.17, 15) is 4.79 Å². The van der Waals surface area contributed by atoms with Crippen molar-refractivity contribution >= 4 is 6.03 Å². The molecule has 2 N–H and O–H groups in total. The van der Waals surface area contributed by atoms with Crippen LogP contribution in [-0.2, 0) is 6.54 Å². The highest BCUT2D eigenvalue weighted by atomic mass is 16.2. The normalized spacial score (nSPS) is 20.4. The molecule has 5 heteroatoms. The third kappa shape index (κ3) is 4.57. The fourth-order valence-electron chi connectivity index (χ4n) is 3.52. The van der Waals surface area contributed by atoms with Gasteiger partial charge in [0.05, 0.1) is 0 Å². The van der Waals surface area contributed by atoms with Gasteiger partial charge in [-0.2, -0.15) is 0 Å². The fourth-order valence-corrected chi connectivity index (χ4v) is 3.52. The Bertz CT molecular complexity index is 704. The van der Waals surface area contributed by atoms with Crippen LogP contribution in [0.3, 0.4) is 0 Å². The number of likely N-dealkylation sites (tertiary alicyclic amines) is 1. The zero-order chi connectivity index (χ0) is 17.6. The van der Waals surface area contributed by atoms with Gasteiger partial charge >= 0.3 is 6.03 Å². The molecule has 1 aromatic carbocycles. The Morgan fingerprint density at radius 1 is 1.20 bits per heavy atom. The van der Waals surface area contributed by atoms with Crippen LogP contribution < -0.4 is 10.6 Å². The van der Waals surface area contributed by atoms with E-state index in [0.29, 0.717) is 24.9 Å². The Morgan fingerprint density at radius 2 is 2.00 bits per heavy atom. The first-order chi connectivity index (χ1) is 12.1. The first-order valence-electron chi connectivity index (χ1n) is 8.78. The van der Waals surface area contributed by atoms with Crippen molar-refractivity contribution < 1.29 is 4.79 Å². The van der Waals surface area contributed by atoms with Gasteiger partial charge in [-0.05, 0) is 42.6 Å². The van der Waals surface area contributed by atoms with E-state index in [-0.39, 0.29) is 6.03 Å².